The first-order chi connectivity index (χ1) is 10.2. The zero-order valence-electron chi connectivity index (χ0n) is 13.6. The van der Waals surface area contributed by atoms with Gasteiger partial charge in [0.2, 0.25) is 0 Å². The van der Waals surface area contributed by atoms with Gasteiger partial charge in [-0.05, 0) is 38.3 Å². The molecule has 0 aromatic carbocycles. The highest BCUT2D eigenvalue weighted by molar-refractivity contribution is 5.81. The molecule has 4 heteroatoms. The van der Waals surface area contributed by atoms with E-state index in [1.165, 1.54) is 12.8 Å². The summed E-state index contributed by atoms with van der Waals surface area (Å²) in [5.74, 6) is 1.55. The minimum absolute atomic E-state index is 0.250. The van der Waals surface area contributed by atoms with Crippen molar-refractivity contribution in [3.63, 3.8) is 0 Å². The van der Waals surface area contributed by atoms with E-state index in [0.717, 1.165) is 70.9 Å². The topological polar surface area (TPSA) is 43.8 Å². The SMILES string of the molecule is CCCC1CCC(=O)C(CN2CCCN(CCO)CC2)C1. The van der Waals surface area contributed by atoms with Crippen LogP contribution in [0, 0.1) is 11.8 Å². The van der Waals surface area contributed by atoms with E-state index in [2.05, 4.69) is 16.7 Å². The molecule has 2 rings (SSSR count). The Hall–Kier alpha value is -0.450. The lowest BCUT2D eigenvalue weighted by Gasteiger charge is -2.32. The summed E-state index contributed by atoms with van der Waals surface area (Å²) in [5.41, 5.74) is 0. The molecule has 1 aliphatic carbocycles. The molecule has 2 unspecified atom stereocenters. The summed E-state index contributed by atoms with van der Waals surface area (Å²) in [6.45, 7) is 8.50. The number of aliphatic hydroxyl groups excluding tert-OH is 1. The Morgan fingerprint density at radius 3 is 2.71 bits per heavy atom. The monoisotopic (exact) mass is 296 g/mol. The van der Waals surface area contributed by atoms with Crippen molar-refractivity contribution in [2.24, 2.45) is 11.8 Å². The number of hydrogen-bond acceptors (Lipinski definition) is 4. The molecule has 4 nitrogen and oxygen atoms in total. The first kappa shape index (κ1) is 16.9. The molecule has 0 amide bonds. The molecule has 1 saturated heterocycles. The maximum absolute atomic E-state index is 12.2. The van der Waals surface area contributed by atoms with E-state index < -0.39 is 0 Å². The number of rotatable bonds is 6. The molecule has 1 saturated carbocycles. The Kier molecular flexibility index (Phi) is 7.14. The van der Waals surface area contributed by atoms with Crippen molar-refractivity contribution in [3.8, 4) is 0 Å². The van der Waals surface area contributed by atoms with E-state index in [0.29, 0.717) is 5.78 Å². The van der Waals surface area contributed by atoms with Gasteiger partial charge in [-0.2, -0.15) is 0 Å². The predicted molar refractivity (Wildman–Crippen MR) is 85.3 cm³/mol. The lowest BCUT2D eigenvalue weighted by molar-refractivity contribution is -0.126. The van der Waals surface area contributed by atoms with Crippen molar-refractivity contribution < 1.29 is 9.90 Å². The van der Waals surface area contributed by atoms with Crippen LogP contribution in [0.25, 0.3) is 0 Å². The quantitative estimate of drug-likeness (QED) is 0.811. The third kappa shape index (κ3) is 5.35. The lowest BCUT2D eigenvalue weighted by Crippen LogP contribution is -2.39. The Morgan fingerprint density at radius 1 is 1.19 bits per heavy atom. The summed E-state index contributed by atoms with van der Waals surface area (Å²) in [6.07, 6.45) is 6.72. The van der Waals surface area contributed by atoms with Crippen LogP contribution in [0.5, 0.6) is 0 Å². The molecule has 0 aromatic rings. The number of carbonyl (C=O) groups excluding carboxylic acids is 1. The van der Waals surface area contributed by atoms with Gasteiger partial charge in [0.1, 0.15) is 5.78 Å². The maximum Gasteiger partial charge on any atom is 0.137 e. The molecule has 0 bridgehead atoms. The summed E-state index contributed by atoms with van der Waals surface area (Å²) in [7, 11) is 0. The van der Waals surface area contributed by atoms with Crippen LogP contribution < -0.4 is 0 Å². The molecule has 1 N–H and O–H groups in total. The third-order valence-corrected chi connectivity index (χ3v) is 5.15. The van der Waals surface area contributed by atoms with Gasteiger partial charge in [-0.25, -0.2) is 0 Å². The number of ketones is 1. The molecule has 1 aliphatic heterocycles. The smallest absolute Gasteiger partial charge is 0.137 e. The van der Waals surface area contributed by atoms with Crippen LogP contribution in [0.15, 0.2) is 0 Å². The van der Waals surface area contributed by atoms with Crippen molar-refractivity contribution in [2.75, 3.05) is 45.9 Å². The molecule has 2 fully saturated rings. The average Bonchev–Trinajstić information content (AvgIpc) is 2.69. The zero-order valence-corrected chi connectivity index (χ0v) is 13.6. The Labute approximate surface area is 129 Å². The first-order valence-corrected chi connectivity index (χ1v) is 8.81. The fourth-order valence-corrected chi connectivity index (χ4v) is 3.93. The molecule has 0 radical (unpaired) electrons. The number of nitrogens with zero attached hydrogens (tertiary/aromatic N) is 2. The maximum atomic E-state index is 12.2. The van der Waals surface area contributed by atoms with E-state index in [-0.39, 0.29) is 12.5 Å². The summed E-state index contributed by atoms with van der Waals surface area (Å²) < 4.78 is 0. The number of aliphatic hydroxyl groups is 1. The molecule has 2 atom stereocenters. The normalized spacial score (nSPS) is 29.5. The summed E-state index contributed by atoms with van der Waals surface area (Å²) in [6, 6.07) is 0. The highest BCUT2D eigenvalue weighted by Gasteiger charge is 2.30. The summed E-state index contributed by atoms with van der Waals surface area (Å²) in [5, 5.41) is 9.05. The van der Waals surface area contributed by atoms with E-state index in [1.807, 2.05) is 0 Å². The van der Waals surface area contributed by atoms with E-state index in [4.69, 9.17) is 5.11 Å². The fraction of sp³-hybridized carbons (Fsp3) is 0.941. The van der Waals surface area contributed by atoms with Crippen LogP contribution in [-0.2, 0) is 4.79 Å². The Balaban J connectivity index is 1.80. The highest BCUT2D eigenvalue weighted by atomic mass is 16.3. The molecular formula is C17H32N2O2. The van der Waals surface area contributed by atoms with Crippen LogP contribution in [-0.4, -0.2) is 66.6 Å². The Morgan fingerprint density at radius 2 is 1.95 bits per heavy atom. The number of Topliss-reactive ketones (excluding diaryl/α,β-unsaturated/α-hetero) is 1. The second kappa shape index (κ2) is 8.86. The van der Waals surface area contributed by atoms with Gasteiger partial charge in [0.05, 0.1) is 6.61 Å². The van der Waals surface area contributed by atoms with Crippen LogP contribution >= 0.6 is 0 Å². The van der Waals surface area contributed by atoms with Crippen molar-refractivity contribution in [1.29, 1.82) is 0 Å². The molecule has 2 aliphatic rings. The zero-order chi connectivity index (χ0) is 15.1. The highest BCUT2D eigenvalue weighted by Crippen LogP contribution is 2.30. The van der Waals surface area contributed by atoms with Crippen LogP contribution in [0.1, 0.15) is 45.4 Å². The molecule has 0 spiro atoms. The van der Waals surface area contributed by atoms with Crippen molar-refractivity contribution in [1.82, 2.24) is 9.80 Å². The minimum Gasteiger partial charge on any atom is -0.395 e. The van der Waals surface area contributed by atoms with Crippen molar-refractivity contribution in [2.45, 2.75) is 45.4 Å². The summed E-state index contributed by atoms with van der Waals surface area (Å²) >= 11 is 0. The third-order valence-electron chi connectivity index (χ3n) is 5.15. The number of carbonyl (C=O) groups is 1. The summed E-state index contributed by atoms with van der Waals surface area (Å²) in [4.78, 5) is 17.0. The van der Waals surface area contributed by atoms with Gasteiger partial charge in [-0.1, -0.05) is 19.8 Å². The van der Waals surface area contributed by atoms with Gasteiger partial charge >= 0.3 is 0 Å². The number of hydrogen-bond donors (Lipinski definition) is 1. The molecular weight excluding hydrogens is 264 g/mol. The van der Waals surface area contributed by atoms with Crippen LogP contribution in [0.2, 0.25) is 0 Å². The van der Waals surface area contributed by atoms with Crippen molar-refractivity contribution in [3.05, 3.63) is 0 Å². The second-order valence-corrected chi connectivity index (χ2v) is 6.81. The molecule has 1 heterocycles. The standard InChI is InChI=1S/C17H32N2O2/c1-2-4-15-5-6-17(21)16(13-15)14-19-8-3-7-18(9-10-19)11-12-20/h15-16,20H,2-14H2,1H3. The predicted octanol–water partition coefficient (Wildman–Crippen LogP) is 1.77. The van der Waals surface area contributed by atoms with Gasteiger partial charge in [-0.3, -0.25) is 9.69 Å². The van der Waals surface area contributed by atoms with E-state index >= 15 is 0 Å². The van der Waals surface area contributed by atoms with Gasteiger partial charge in [0.15, 0.2) is 0 Å². The largest absolute Gasteiger partial charge is 0.395 e. The van der Waals surface area contributed by atoms with Gasteiger partial charge in [0.25, 0.3) is 0 Å². The molecule has 21 heavy (non-hydrogen) atoms. The number of β-amino-alcohol motifs (C(OH)–C–C–N with tert-alkyl or cyclic N) is 1. The average molecular weight is 296 g/mol. The van der Waals surface area contributed by atoms with Gasteiger partial charge in [-0.15, -0.1) is 0 Å². The van der Waals surface area contributed by atoms with Gasteiger partial charge < -0.3 is 10.0 Å². The van der Waals surface area contributed by atoms with Crippen LogP contribution in [0.4, 0.5) is 0 Å². The first-order valence-electron chi connectivity index (χ1n) is 8.81. The van der Waals surface area contributed by atoms with Crippen molar-refractivity contribution >= 4 is 5.78 Å². The van der Waals surface area contributed by atoms with Gasteiger partial charge in [0, 0.05) is 38.5 Å². The van der Waals surface area contributed by atoms with E-state index in [1.54, 1.807) is 0 Å². The van der Waals surface area contributed by atoms with E-state index in [9.17, 15) is 4.79 Å². The lowest BCUT2D eigenvalue weighted by atomic mass is 9.78. The molecule has 122 valence electrons. The second-order valence-electron chi connectivity index (χ2n) is 6.81. The Bertz CT molecular complexity index is 322. The molecule has 0 aromatic heterocycles. The minimum atomic E-state index is 0.250. The fourth-order valence-electron chi connectivity index (χ4n) is 3.93. The van der Waals surface area contributed by atoms with Crippen LogP contribution in [0.3, 0.4) is 0 Å².